The number of ether oxygens (including phenoxy) is 1. The molecule has 0 aromatic carbocycles. The Hall–Kier alpha value is -0.100. The number of aliphatic carboxylic acids is 1. The van der Waals surface area contributed by atoms with Gasteiger partial charge in [0, 0.05) is 19.1 Å². The number of hydrogen-bond acceptors (Lipinski definition) is 5. The molecule has 0 saturated heterocycles. The quantitative estimate of drug-likeness (QED) is 0.278. The third-order valence-electron chi connectivity index (χ3n) is 2.27. The van der Waals surface area contributed by atoms with Crippen molar-refractivity contribution in [1.82, 2.24) is 5.32 Å². The van der Waals surface area contributed by atoms with Crippen LogP contribution in [-0.4, -0.2) is 31.1 Å². The van der Waals surface area contributed by atoms with Crippen LogP contribution in [0.15, 0.2) is 0 Å². The fourth-order valence-corrected chi connectivity index (χ4v) is 0.908. The molecule has 0 amide bonds. The first-order chi connectivity index (χ1) is 7.43. The first-order valence-corrected chi connectivity index (χ1v) is 5.53. The van der Waals surface area contributed by atoms with Gasteiger partial charge in [-0.05, 0) is 19.3 Å². The molecule has 1 atom stereocenters. The van der Waals surface area contributed by atoms with Gasteiger partial charge in [-0.3, -0.25) is 4.79 Å². The molecule has 0 saturated carbocycles. The van der Waals surface area contributed by atoms with Crippen LogP contribution in [-0.2, 0) is 14.3 Å². The van der Waals surface area contributed by atoms with E-state index in [1.54, 1.807) is 0 Å². The molecule has 0 heterocycles. The minimum absolute atomic E-state index is 0. The third kappa shape index (κ3) is 12.2. The molecule has 1 unspecified atom stereocenters. The van der Waals surface area contributed by atoms with Crippen LogP contribution in [0.5, 0.6) is 0 Å². The van der Waals surface area contributed by atoms with Crippen LogP contribution >= 0.6 is 0 Å². The van der Waals surface area contributed by atoms with Crippen molar-refractivity contribution in [2.75, 3.05) is 13.1 Å². The summed E-state index contributed by atoms with van der Waals surface area (Å²) in [5, 5.41) is 12.9. The summed E-state index contributed by atoms with van der Waals surface area (Å²) in [5.41, 5.74) is 0. The van der Waals surface area contributed by atoms with Crippen LogP contribution < -0.4 is 40.0 Å². The van der Waals surface area contributed by atoms with Crippen LogP contribution in [0, 0.1) is 5.92 Å². The summed E-state index contributed by atoms with van der Waals surface area (Å²) >= 11 is 0. The Morgan fingerprint density at radius 3 is 2.18 bits per heavy atom. The van der Waals surface area contributed by atoms with E-state index in [0.717, 1.165) is 0 Å². The van der Waals surface area contributed by atoms with Crippen LogP contribution in [0.3, 0.4) is 0 Å². The molecule has 0 aromatic rings. The van der Waals surface area contributed by atoms with Crippen molar-refractivity contribution in [3.8, 4) is 0 Å². The maximum Gasteiger partial charge on any atom is 1.00 e. The number of nitrogens with one attached hydrogen (secondary N) is 1. The van der Waals surface area contributed by atoms with Gasteiger partial charge in [-0.25, -0.2) is 0 Å². The number of carboxylic acids is 1. The Morgan fingerprint density at radius 2 is 1.71 bits per heavy atom. The summed E-state index contributed by atoms with van der Waals surface area (Å²) < 4.78 is 5.13. The van der Waals surface area contributed by atoms with E-state index in [9.17, 15) is 14.7 Å². The Bertz CT molecular complexity index is 234. The molecular weight excluding hydrogens is 233 g/mol. The van der Waals surface area contributed by atoms with Crippen molar-refractivity contribution < 1.29 is 49.0 Å². The van der Waals surface area contributed by atoms with Gasteiger partial charge in [0.25, 0.3) is 0 Å². The van der Waals surface area contributed by atoms with Crippen LogP contribution in [0.4, 0.5) is 0 Å². The first kappa shape index (κ1) is 19.2. The molecular formula is C11H20NNaO4. The van der Waals surface area contributed by atoms with Crippen LogP contribution in [0.2, 0.25) is 0 Å². The topological polar surface area (TPSA) is 78.5 Å². The second-order valence-corrected chi connectivity index (χ2v) is 4.06. The van der Waals surface area contributed by atoms with E-state index in [2.05, 4.69) is 5.32 Å². The van der Waals surface area contributed by atoms with Crippen molar-refractivity contribution >= 4 is 11.9 Å². The maximum atomic E-state index is 11.3. The van der Waals surface area contributed by atoms with E-state index in [1.807, 2.05) is 20.8 Å². The fourth-order valence-electron chi connectivity index (χ4n) is 0.908. The number of carbonyl (C=O) groups is 2. The molecule has 1 N–H and O–H groups in total. The molecule has 0 rings (SSSR count). The van der Waals surface area contributed by atoms with Crippen molar-refractivity contribution in [3.05, 3.63) is 0 Å². The average molecular weight is 253 g/mol. The van der Waals surface area contributed by atoms with E-state index < -0.39 is 5.97 Å². The normalized spacial score (nSPS) is 11.8. The molecule has 6 heteroatoms. The van der Waals surface area contributed by atoms with Gasteiger partial charge < -0.3 is 20.0 Å². The second-order valence-electron chi connectivity index (χ2n) is 4.06. The van der Waals surface area contributed by atoms with Crippen LogP contribution in [0.25, 0.3) is 0 Å². The van der Waals surface area contributed by atoms with Gasteiger partial charge in [-0.15, -0.1) is 0 Å². The fraction of sp³-hybridized carbons (Fsp3) is 0.818. The summed E-state index contributed by atoms with van der Waals surface area (Å²) in [6.07, 6.45) is 0.123. The first-order valence-electron chi connectivity index (χ1n) is 5.53. The molecule has 0 aliphatic rings. The molecule has 0 aliphatic heterocycles. The molecule has 0 aromatic heterocycles. The summed E-state index contributed by atoms with van der Waals surface area (Å²) in [6, 6.07) is 0. The van der Waals surface area contributed by atoms with Crippen molar-refractivity contribution in [2.45, 2.75) is 39.7 Å². The summed E-state index contributed by atoms with van der Waals surface area (Å²) in [4.78, 5) is 21.3. The van der Waals surface area contributed by atoms with Gasteiger partial charge in [0.15, 0.2) is 0 Å². The predicted octanol–water partition coefficient (Wildman–Crippen LogP) is -3.30. The maximum absolute atomic E-state index is 11.3. The van der Waals surface area contributed by atoms with Crippen molar-refractivity contribution in [2.24, 2.45) is 5.92 Å². The van der Waals surface area contributed by atoms with Crippen molar-refractivity contribution in [1.29, 1.82) is 0 Å². The SMILES string of the molecule is CC(C)C(C)OC(=O)CCNCCC(=O)[O-].[Na+]. The number of esters is 1. The van der Waals surface area contributed by atoms with E-state index in [0.29, 0.717) is 19.0 Å². The second kappa shape index (κ2) is 11.0. The third-order valence-corrected chi connectivity index (χ3v) is 2.27. The number of carboxylic acid groups (broad SMARTS) is 1. The largest absolute Gasteiger partial charge is 1.00 e. The van der Waals surface area contributed by atoms with E-state index >= 15 is 0 Å². The zero-order valence-electron chi connectivity index (χ0n) is 11.1. The van der Waals surface area contributed by atoms with E-state index in [4.69, 9.17) is 4.74 Å². The summed E-state index contributed by atoms with van der Waals surface area (Å²) in [7, 11) is 0. The number of carbonyl (C=O) groups excluding carboxylic acids is 2. The Labute approximate surface area is 125 Å². The molecule has 0 spiro atoms. The minimum Gasteiger partial charge on any atom is -0.550 e. The molecule has 0 bridgehead atoms. The van der Waals surface area contributed by atoms with Gasteiger partial charge in [0.2, 0.25) is 0 Å². The Morgan fingerprint density at radius 1 is 1.18 bits per heavy atom. The Balaban J connectivity index is 0. The van der Waals surface area contributed by atoms with E-state index in [1.165, 1.54) is 0 Å². The molecule has 0 aliphatic carbocycles. The zero-order chi connectivity index (χ0) is 12.6. The smallest absolute Gasteiger partial charge is 0.550 e. The standard InChI is InChI=1S/C11H21NO4.Na/c1-8(2)9(3)16-11(15)5-7-12-6-4-10(13)14;/h8-9,12H,4-7H2,1-3H3,(H,13,14);/q;+1/p-1. The monoisotopic (exact) mass is 253 g/mol. The zero-order valence-corrected chi connectivity index (χ0v) is 13.1. The van der Waals surface area contributed by atoms with Gasteiger partial charge >= 0.3 is 35.5 Å². The molecule has 94 valence electrons. The number of hydrogen-bond donors (Lipinski definition) is 1. The average Bonchev–Trinajstić information content (AvgIpc) is 2.16. The molecule has 0 radical (unpaired) electrons. The van der Waals surface area contributed by atoms with Gasteiger partial charge in [-0.2, -0.15) is 0 Å². The summed E-state index contributed by atoms with van der Waals surface area (Å²) in [5.74, 6) is -1.05. The number of rotatable bonds is 8. The van der Waals surface area contributed by atoms with Crippen LogP contribution in [0.1, 0.15) is 33.6 Å². The van der Waals surface area contributed by atoms with E-state index in [-0.39, 0.29) is 54.5 Å². The molecule has 5 nitrogen and oxygen atoms in total. The summed E-state index contributed by atoms with van der Waals surface area (Å²) in [6.45, 7) is 6.56. The molecule has 17 heavy (non-hydrogen) atoms. The minimum atomic E-state index is -1.09. The molecule has 0 fully saturated rings. The predicted molar refractivity (Wildman–Crippen MR) is 57.5 cm³/mol. The van der Waals surface area contributed by atoms with Gasteiger partial charge in [0.05, 0.1) is 6.42 Å². The Kier molecular flexibility index (Phi) is 12.5. The van der Waals surface area contributed by atoms with Gasteiger partial charge in [0.1, 0.15) is 6.10 Å². The van der Waals surface area contributed by atoms with Gasteiger partial charge in [-0.1, -0.05) is 13.8 Å². The van der Waals surface area contributed by atoms with Crippen molar-refractivity contribution in [3.63, 3.8) is 0 Å².